The quantitative estimate of drug-likeness (QED) is 0.774. The Morgan fingerprint density at radius 1 is 1.50 bits per heavy atom. The van der Waals surface area contributed by atoms with Crippen molar-refractivity contribution >= 4 is 17.4 Å². The van der Waals surface area contributed by atoms with Crippen LogP contribution in [0.25, 0.3) is 0 Å². The third kappa shape index (κ3) is 2.33. The van der Waals surface area contributed by atoms with Crippen LogP contribution in [0, 0.1) is 11.3 Å². The molecule has 2 N–H and O–H groups in total. The maximum absolute atomic E-state index is 8.84. The van der Waals surface area contributed by atoms with Gasteiger partial charge in [-0.05, 0) is 24.4 Å². The van der Waals surface area contributed by atoms with Gasteiger partial charge in [0.05, 0.1) is 5.69 Å². The van der Waals surface area contributed by atoms with Crippen molar-refractivity contribution in [2.45, 2.75) is 26.2 Å². The lowest BCUT2D eigenvalue weighted by Crippen LogP contribution is -2.03. The third-order valence-corrected chi connectivity index (χ3v) is 2.03. The standard InChI is InChI=1S/C9H11ClN4/c1-2-3-4-7-6(5-11)8(12)14-9(10)13-7/h2-4H2,1H3,(H2,12,13,14). The van der Waals surface area contributed by atoms with Gasteiger partial charge < -0.3 is 5.73 Å². The summed E-state index contributed by atoms with van der Waals surface area (Å²) in [6.07, 6.45) is 2.71. The average Bonchev–Trinajstić information content (AvgIpc) is 2.14. The van der Waals surface area contributed by atoms with E-state index in [1.165, 1.54) is 0 Å². The van der Waals surface area contributed by atoms with Gasteiger partial charge in [0.25, 0.3) is 0 Å². The van der Waals surface area contributed by atoms with Gasteiger partial charge in [0.1, 0.15) is 17.5 Å². The van der Waals surface area contributed by atoms with Gasteiger partial charge in [-0.1, -0.05) is 13.3 Å². The van der Waals surface area contributed by atoms with Gasteiger partial charge >= 0.3 is 0 Å². The first-order chi connectivity index (χ1) is 6.69. The Bertz CT molecular complexity index is 370. The van der Waals surface area contributed by atoms with E-state index in [2.05, 4.69) is 16.9 Å². The number of anilines is 1. The van der Waals surface area contributed by atoms with Crippen molar-refractivity contribution in [3.8, 4) is 6.07 Å². The number of hydrogen-bond acceptors (Lipinski definition) is 4. The molecule has 0 amide bonds. The molecule has 14 heavy (non-hydrogen) atoms. The topological polar surface area (TPSA) is 75.6 Å². The summed E-state index contributed by atoms with van der Waals surface area (Å²) in [7, 11) is 0. The molecule has 0 radical (unpaired) electrons. The summed E-state index contributed by atoms with van der Waals surface area (Å²) in [5.41, 5.74) is 6.54. The molecule has 1 aromatic rings. The molecular formula is C9H11ClN4. The monoisotopic (exact) mass is 210 g/mol. The molecule has 0 fully saturated rings. The molecule has 4 nitrogen and oxygen atoms in total. The minimum absolute atomic E-state index is 0.104. The number of aromatic nitrogens is 2. The molecule has 0 unspecified atom stereocenters. The predicted octanol–water partition coefficient (Wildman–Crippen LogP) is 1.93. The van der Waals surface area contributed by atoms with Gasteiger partial charge in [0, 0.05) is 0 Å². The zero-order chi connectivity index (χ0) is 10.6. The predicted molar refractivity (Wildman–Crippen MR) is 54.8 cm³/mol. The summed E-state index contributed by atoms with van der Waals surface area (Å²) in [5, 5.41) is 8.94. The van der Waals surface area contributed by atoms with Gasteiger partial charge in [-0.3, -0.25) is 0 Å². The average molecular weight is 211 g/mol. The van der Waals surface area contributed by atoms with E-state index in [0.717, 1.165) is 12.8 Å². The van der Waals surface area contributed by atoms with Crippen molar-refractivity contribution < 1.29 is 0 Å². The van der Waals surface area contributed by atoms with Crippen molar-refractivity contribution in [2.24, 2.45) is 0 Å². The van der Waals surface area contributed by atoms with E-state index in [9.17, 15) is 0 Å². The molecule has 74 valence electrons. The molecule has 0 saturated heterocycles. The van der Waals surface area contributed by atoms with Crippen LogP contribution in [0.5, 0.6) is 0 Å². The van der Waals surface area contributed by atoms with Gasteiger partial charge in [0.15, 0.2) is 0 Å². The van der Waals surface area contributed by atoms with Crippen LogP contribution in [0.3, 0.4) is 0 Å². The van der Waals surface area contributed by atoms with Crippen LogP contribution >= 0.6 is 11.6 Å². The number of nitrogens with zero attached hydrogens (tertiary/aromatic N) is 3. The molecular weight excluding hydrogens is 200 g/mol. The Hall–Kier alpha value is -1.34. The molecule has 1 rings (SSSR count). The molecule has 0 atom stereocenters. The van der Waals surface area contributed by atoms with Crippen LogP contribution in [-0.4, -0.2) is 9.97 Å². The number of nitriles is 1. The molecule has 0 bridgehead atoms. The highest BCUT2D eigenvalue weighted by Crippen LogP contribution is 2.16. The molecule has 0 aliphatic heterocycles. The number of nitrogens with two attached hydrogens (primary N) is 1. The summed E-state index contributed by atoms with van der Waals surface area (Å²) in [6.45, 7) is 2.07. The van der Waals surface area contributed by atoms with E-state index in [1.54, 1.807) is 0 Å². The van der Waals surface area contributed by atoms with Crippen molar-refractivity contribution in [3.63, 3.8) is 0 Å². The minimum atomic E-state index is 0.104. The molecule has 0 aromatic carbocycles. The second-order valence-electron chi connectivity index (χ2n) is 2.91. The second kappa shape index (κ2) is 4.77. The van der Waals surface area contributed by atoms with Crippen LogP contribution in [0.2, 0.25) is 5.28 Å². The van der Waals surface area contributed by atoms with Crippen LogP contribution in [-0.2, 0) is 6.42 Å². The lowest BCUT2D eigenvalue weighted by Gasteiger charge is -2.04. The van der Waals surface area contributed by atoms with Crippen LogP contribution < -0.4 is 5.73 Å². The van der Waals surface area contributed by atoms with Gasteiger partial charge in [-0.25, -0.2) is 4.98 Å². The van der Waals surface area contributed by atoms with Gasteiger partial charge in [-0.15, -0.1) is 0 Å². The fourth-order valence-electron chi connectivity index (χ4n) is 1.14. The summed E-state index contributed by atoms with van der Waals surface area (Å²) < 4.78 is 0. The number of aryl methyl sites for hydroxylation is 1. The fourth-order valence-corrected chi connectivity index (χ4v) is 1.34. The minimum Gasteiger partial charge on any atom is -0.382 e. The SMILES string of the molecule is CCCCc1nc(Cl)nc(N)c1C#N. The molecule has 1 heterocycles. The van der Waals surface area contributed by atoms with Crippen molar-refractivity contribution in [2.75, 3.05) is 5.73 Å². The molecule has 5 heteroatoms. The van der Waals surface area contributed by atoms with Crippen LogP contribution in [0.15, 0.2) is 0 Å². The summed E-state index contributed by atoms with van der Waals surface area (Å²) in [6, 6.07) is 1.99. The van der Waals surface area contributed by atoms with E-state index in [1.807, 2.05) is 6.07 Å². The van der Waals surface area contributed by atoms with E-state index in [-0.39, 0.29) is 11.1 Å². The van der Waals surface area contributed by atoms with Crippen LogP contribution in [0.1, 0.15) is 31.0 Å². The number of unbranched alkanes of at least 4 members (excludes halogenated alkanes) is 1. The first kappa shape index (κ1) is 10.7. The molecule has 0 saturated carbocycles. The molecule has 0 spiro atoms. The Morgan fingerprint density at radius 2 is 2.21 bits per heavy atom. The lowest BCUT2D eigenvalue weighted by molar-refractivity contribution is 0.772. The van der Waals surface area contributed by atoms with Crippen molar-refractivity contribution in [1.82, 2.24) is 9.97 Å². The van der Waals surface area contributed by atoms with E-state index in [0.29, 0.717) is 17.7 Å². The largest absolute Gasteiger partial charge is 0.382 e. The number of halogens is 1. The first-order valence-corrected chi connectivity index (χ1v) is 4.78. The second-order valence-corrected chi connectivity index (χ2v) is 3.25. The summed E-state index contributed by atoms with van der Waals surface area (Å²) in [5.74, 6) is 0.165. The maximum Gasteiger partial charge on any atom is 0.224 e. The normalized spacial score (nSPS) is 9.79. The highest BCUT2D eigenvalue weighted by Gasteiger charge is 2.10. The molecule has 0 aliphatic carbocycles. The van der Waals surface area contributed by atoms with Crippen LogP contribution in [0.4, 0.5) is 5.82 Å². The highest BCUT2D eigenvalue weighted by molar-refractivity contribution is 6.28. The van der Waals surface area contributed by atoms with Crippen molar-refractivity contribution in [3.05, 3.63) is 16.5 Å². The first-order valence-electron chi connectivity index (χ1n) is 4.41. The molecule has 1 aromatic heterocycles. The zero-order valence-electron chi connectivity index (χ0n) is 7.92. The Kier molecular flexibility index (Phi) is 3.66. The summed E-state index contributed by atoms with van der Waals surface area (Å²) in [4.78, 5) is 7.72. The lowest BCUT2D eigenvalue weighted by atomic mass is 10.1. The van der Waals surface area contributed by atoms with Gasteiger partial charge in [0.2, 0.25) is 5.28 Å². The van der Waals surface area contributed by atoms with E-state index < -0.39 is 0 Å². The maximum atomic E-state index is 8.84. The molecule has 0 aliphatic rings. The Morgan fingerprint density at radius 3 is 2.79 bits per heavy atom. The number of rotatable bonds is 3. The highest BCUT2D eigenvalue weighted by atomic mass is 35.5. The van der Waals surface area contributed by atoms with Gasteiger partial charge in [-0.2, -0.15) is 10.2 Å². The van der Waals surface area contributed by atoms with E-state index >= 15 is 0 Å². The number of hydrogen-bond donors (Lipinski definition) is 1. The summed E-state index contributed by atoms with van der Waals surface area (Å²) >= 11 is 5.65. The van der Waals surface area contributed by atoms with Crippen molar-refractivity contribution in [1.29, 1.82) is 5.26 Å². The third-order valence-electron chi connectivity index (χ3n) is 1.86. The Labute approximate surface area is 87.7 Å². The Balaban J connectivity index is 3.07. The zero-order valence-corrected chi connectivity index (χ0v) is 8.67. The number of nitrogen functional groups attached to an aromatic ring is 1. The van der Waals surface area contributed by atoms with E-state index in [4.69, 9.17) is 22.6 Å². The fraction of sp³-hybridized carbons (Fsp3) is 0.444. The smallest absolute Gasteiger partial charge is 0.224 e.